The number of rotatable bonds is 10. The summed E-state index contributed by atoms with van der Waals surface area (Å²) in [6, 6.07) is 19.0. The summed E-state index contributed by atoms with van der Waals surface area (Å²) in [6.45, 7) is 4.78. The van der Waals surface area contributed by atoms with E-state index in [4.69, 9.17) is 4.74 Å². The van der Waals surface area contributed by atoms with Crippen LogP contribution in [0.25, 0.3) is 0 Å². The van der Waals surface area contributed by atoms with Crippen LogP contribution in [-0.4, -0.2) is 46.7 Å². The van der Waals surface area contributed by atoms with Gasteiger partial charge in [-0.3, -0.25) is 13.9 Å². The molecule has 0 atom stereocenters. The first-order chi connectivity index (χ1) is 17.1. The molecule has 0 spiro atoms. The summed E-state index contributed by atoms with van der Waals surface area (Å²) in [5.74, 6) is -0.696. The van der Waals surface area contributed by atoms with Gasteiger partial charge in [-0.2, -0.15) is 0 Å². The zero-order valence-corrected chi connectivity index (χ0v) is 21.7. The van der Waals surface area contributed by atoms with Crippen LogP contribution in [-0.2, 0) is 21.3 Å². The number of methoxy groups -OCH3 is 1. The van der Waals surface area contributed by atoms with E-state index in [1.54, 1.807) is 61.7 Å². The van der Waals surface area contributed by atoms with E-state index in [1.165, 1.54) is 10.6 Å². The van der Waals surface area contributed by atoms with Gasteiger partial charge >= 0.3 is 0 Å². The number of nitrogens with zero attached hydrogens (tertiary/aromatic N) is 1. The van der Waals surface area contributed by atoms with Crippen LogP contribution in [0.1, 0.15) is 37.4 Å². The maximum Gasteiger partial charge on any atom is 0.255 e. The van der Waals surface area contributed by atoms with E-state index in [2.05, 4.69) is 10.6 Å². The van der Waals surface area contributed by atoms with E-state index in [1.807, 2.05) is 26.0 Å². The number of sulfonamides is 1. The van der Waals surface area contributed by atoms with Gasteiger partial charge in [0.15, 0.2) is 0 Å². The number of carbonyl (C=O) groups excluding carboxylic acids is 2. The van der Waals surface area contributed by atoms with Crippen molar-refractivity contribution in [3.05, 3.63) is 94.5 Å². The van der Waals surface area contributed by atoms with Crippen LogP contribution in [0.4, 0.5) is 11.4 Å². The van der Waals surface area contributed by atoms with Crippen molar-refractivity contribution in [1.29, 1.82) is 0 Å². The quantitative estimate of drug-likeness (QED) is 0.404. The molecule has 2 N–H and O–H groups in total. The minimum absolute atomic E-state index is 0.133. The van der Waals surface area contributed by atoms with Crippen LogP contribution in [0, 0.1) is 13.8 Å². The van der Waals surface area contributed by atoms with Gasteiger partial charge in [-0.15, -0.1) is 0 Å². The number of benzene rings is 3. The minimum atomic E-state index is -3.53. The van der Waals surface area contributed by atoms with Crippen LogP contribution in [0.5, 0.6) is 0 Å². The lowest BCUT2D eigenvalue weighted by atomic mass is 10.1. The van der Waals surface area contributed by atoms with Crippen LogP contribution in [0.3, 0.4) is 0 Å². The zero-order valence-electron chi connectivity index (χ0n) is 20.9. The highest BCUT2D eigenvalue weighted by molar-refractivity contribution is 7.92. The fourth-order valence-electron chi connectivity index (χ4n) is 3.55. The SMILES string of the molecule is COCCNC(=O)c1ccccc1NC(=O)c1ccc(CN(c2ccc(C)c(C)c2)S(C)(=O)=O)cc1. The van der Waals surface area contributed by atoms with Gasteiger partial charge in [0.05, 0.1) is 36.3 Å². The minimum Gasteiger partial charge on any atom is -0.383 e. The number of para-hydroxylation sites is 1. The molecule has 0 unspecified atom stereocenters. The highest BCUT2D eigenvalue weighted by atomic mass is 32.2. The van der Waals surface area contributed by atoms with Gasteiger partial charge in [0.2, 0.25) is 10.0 Å². The van der Waals surface area contributed by atoms with Gasteiger partial charge in [0.1, 0.15) is 0 Å². The molecule has 0 radical (unpaired) electrons. The monoisotopic (exact) mass is 509 g/mol. The maximum absolute atomic E-state index is 12.9. The molecule has 0 heterocycles. The van der Waals surface area contributed by atoms with Crippen molar-refractivity contribution in [2.24, 2.45) is 0 Å². The number of nitrogens with one attached hydrogen (secondary N) is 2. The van der Waals surface area contributed by atoms with Gasteiger partial charge in [-0.1, -0.05) is 30.3 Å². The largest absolute Gasteiger partial charge is 0.383 e. The van der Waals surface area contributed by atoms with E-state index in [0.717, 1.165) is 16.7 Å². The molecule has 9 heteroatoms. The van der Waals surface area contributed by atoms with Crippen LogP contribution in [0.15, 0.2) is 66.7 Å². The zero-order chi connectivity index (χ0) is 26.3. The molecule has 2 amide bonds. The fraction of sp³-hybridized carbons (Fsp3) is 0.259. The first-order valence-corrected chi connectivity index (χ1v) is 13.3. The van der Waals surface area contributed by atoms with Crippen LogP contribution < -0.4 is 14.9 Å². The Kier molecular flexibility index (Phi) is 8.84. The lowest BCUT2D eigenvalue weighted by Crippen LogP contribution is -2.29. The standard InChI is InChI=1S/C27H31N3O5S/c1-19-9-14-23(17-20(19)2)30(36(4,33)34)18-21-10-12-22(13-11-21)26(31)29-25-8-6-5-7-24(25)27(32)28-15-16-35-3/h5-14,17H,15-16,18H2,1-4H3,(H,28,32)(H,29,31). The number of aryl methyl sites for hydroxylation is 2. The average Bonchev–Trinajstić information content (AvgIpc) is 2.84. The summed E-state index contributed by atoms with van der Waals surface area (Å²) in [4.78, 5) is 25.3. The van der Waals surface area contributed by atoms with Crippen molar-refractivity contribution in [1.82, 2.24) is 5.32 Å². The molecule has 0 aliphatic heterocycles. The van der Waals surface area contributed by atoms with Crippen LogP contribution in [0.2, 0.25) is 0 Å². The van der Waals surface area contributed by atoms with E-state index < -0.39 is 10.0 Å². The molecule has 3 rings (SSSR count). The summed E-state index contributed by atoms with van der Waals surface area (Å²) in [5.41, 5.74) is 4.51. The number of carbonyl (C=O) groups is 2. The Labute approximate surface area is 212 Å². The molecular weight excluding hydrogens is 478 g/mol. The number of anilines is 2. The van der Waals surface area contributed by atoms with Crippen molar-refractivity contribution in [2.75, 3.05) is 36.1 Å². The van der Waals surface area contributed by atoms with Crippen LogP contribution >= 0.6 is 0 Å². The molecule has 0 bridgehead atoms. The molecule has 0 aromatic heterocycles. The summed E-state index contributed by atoms with van der Waals surface area (Å²) in [7, 11) is -1.98. The van der Waals surface area contributed by atoms with Gasteiger partial charge < -0.3 is 15.4 Å². The predicted molar refractivity (Wildman–Crippen MR) is 142 cm³/mol. The lowest BCUT2D eigenvalue weighted by molar-refractivity contribution is 0.0938. The Balaban J connectivity index is 1.75. The summed E-state index contributed by atoms with van der Waals surface area (Å²) in [6.07, 6.45) is 1.17. The number of hydrogen-bond donors (Lipinski definition) is 2. The predicted octanol–water partition coefficient (Wildman–Crippen LogP) is 3.90. The molecule has 0 fully saturated rings. The summed E-state index contributed by atoms with van der Waals surface area (Å²) < 4.78 is 31.3. The fourth-order valence-corrected chi connectivity index (χ4v) is 4.43. The molecule has 0 saturated carbocycles. The van der Waals surface area contributed by atoms with E-state index in [9.17, 15) is 18.0 Å². The third-order valence-corrected chi connectivity index (χ3v) is 6.87. The molecule has 3 aromatic carbocycles. The van der Waals surface area contributed by atoms with E-state index in [0.29, 0.717) is 35.7 Å². The van der Waals surface area contributed by atoms with Gasteiger partial charge in [0, 0.05) is 19.2 Å². The molecule has 3 aromatic rings. The first kappa shape index (κ1) is 26.9. The highest BCUT2D eigenvalue weighted by Gasteiger charge is 2.19. The van der Waals surface area contributed by atoms with Crippen molar-refractivity contribution < 1.29 is 22.7 Å². The maximum atomic E-state index is 12.9. The van der Waals surface area contributed by atoms with Crippen molar-refractivity contribution in [3.8, 4) is 0 Å². The molecule has 36 heavy (non-hydrogen) atoms. The third-order valence-electron chi connectivity index (χ3n) is 5.73. The normalized spacial score (nSPS) is 11.1. The smallest absolute Gasteiger partial charge is 0.255 e. The van der Waals surface area contributed by atoms with Gasteiger partial charge in [-0.05, 0) is 66.9 Å². The van der Waals surface area contributed by atoms with E-state index in [-0.39, 0.29) is 18.4 Å². The number of hydrogen-bond acceptors (Lipinski definition) is 5. The second-order valence-electron chi connectivity index (χ2n) is 8.48. The molecule has 190 valence electrons. The summed E-state index contributed by atoms with van der Waals surface area (Å²) in [5, 5.41) is 5.52. The van der Waals surface area contributed by atoms with E-state index >= 15 is 0 Å². The lowest BCUT2D eigenvalue weighted by Gasteiger charge is -2.23. The number of amides is 2. The first-order valence-electron chi connectivity index (χ1n) is 11.4. The van der Waals surface area contributed by atoms with Gasteiger partial charge in [-0.25, -0.2) is 8.42 Å². The Hall–Kier alpha value is -3.69. The molecule has 0 aliphatic carbocycles. The average molecular weight is 510 g/mol. The number of ether oxygens (including phenoxy) is 1. The molecule has 0 aliphatic rings. The molecule has 8 nitrogen and oxygen atoms in total. The van der Waals surface area contributed by atoms with Crippen molar-refractivity contribution >= 4 is 33.2 Å². The summed E-state index contributed by atoms with van der Waals surface area (Å²) >= 11 is 0. The topological polar surface area (TPSA) is 105 Å². The second kappa shape index (κ2) is 11.8. The molecule has 0 saturated heterocycles. The Morgan fingerprint density at radius 1 is 0.917 bits per heavy atom. The Morgan fingerprint density at radius 3 is 2.25 bits per heavy atom. The second-order valence-corrected chi connectivity index (χ2v) is 10.4. The van der Waals surface area contributed by atoms with Crippen molar-refractivity contribution in [2.45, 2.75) is 20.4 Å². The van der Waals surface area contributed by atoms with Gasteiger partial charge in [0.25, 0.3) is 11.8 Å². The molecular formula is C27H31N3O5S. The highest BCUT2D eigenvalue weighted by Crippen LogP contribution is 2.24. The van der Waals surface area contributed by atoms with Crippen molar-refractivity contribution in [3.63, 3.8) is 0 Å². The Bertz CT molecular complexity index is 1340. The third kappa shape index (κ3) is 6.93. The Morgan fingerprint density at radius 2 is 1.61 bits per heavy atom.